The minimum absolute atomic E-state index is 0.0130. The van der Waals surface area contributed by atoms with Gasteiger partial charge in [0.25, 0.3) is 5.91 Å². The van der Waals surface area contributed by atoms with Crippen LogP contribution in [0.1, 0.15) is 27.2 Å². The summed E-state index contributed by atoms with van der Waals surface area (Å²) in [5.74, 6) is 4.31. The van der Waals surface area contributed by atoms with E-state index in [-0.39, 0.29) is 29.6 Å². The Morgan fingerprint density at radius 2 is 1.95 bits per heavy atom. The van der Waals surface area contributed by atoms with Gasteiger partial charge in [0.05, 0.1) is 5.92 Å². The summed E-state index contributed by atoms with van der Waals surface area (Å²) in [6.45, 7) is 6.33. The quantitative estimate of drug-likeness (QED) is 0.748. The third kappa shape index (κ3) is 4.00. The molecule has 0 aliphatic carbocycles. The maximum atomic E-state index is 12.6. The van der Waals surface area contributed by atoms with Gasteiger partial charge in [0, 0.05) is 27.2 Å². The third-order valence-electron chi connectivity index (χ3n) is 3.97. The summed E-state index contributed by atoms with van der Waals surface area (Å²) in [5.41, 5.74) is 0. The normalized spacial score (nSPS) is 18.5. The van der Waals surface area contributed by atoms with Crippen LogP contribution in [0.5, 0.6) is 0 Å². The third-order valence-corrected chi connectivity index (χ3v) is 3.97. The van der Waals surface area contributed by atoms with Gasteiger partial charge in [-0.25, -0.2) is 0 Å². The largest absolute Gasteiger partial charge is 0.357 e. The zero-order chi connectivity index (χ0) is 16.9. The second-order valence-corrected chi connectivity index (χ2v) is 5.86. The fourth-order valence-corrected chi connectivity index (χ4v) is 2.83. The molecule has 22 heavy (non-hydrogen) atoms. The van der Waals surface area contributed by atoms with Gasteiger partial charge >= 0.3 is 0 Å². The van der Waals surface area contributed by atoms with Crippen LogP contribution in [-0.2, 0) is 14.4 Å². The number of nitrogens with one attached hydrogen (secondary N) is 1. The lowest BCUT2D eigenvalue weighted by atomic mass is 9.99. The standard InChI is InChI=1S/C16H25N3O3/c1-6-7-13(20)19-9-8-12(10-19)16(22)18(5)14(11(2)3)15(21)17-4/h11-12,14H,8-10H2,1-5H3,(H,17,21)/t12-,14-/m0/s1. The van der Waals surface area contributed by atoms with E-state index in [1.807, 2.05) is 13.8 Å². The summed E-state index contributed by atoms with van der Waals surface area (Å²) in [6.07, 6.45) is 0.610. The average molecular weight is 307 g/mol. The molecule has 1 heterocycles. The molecule has 6 heteroatoms. The molecule has 122 valence electrons. The van der Waals surface area contributed by atoms with Crippen molar-refractivity contribution in [2.45, 2.75) is 33.2 Å². The van der Waals surface area contributed by atoms with Crippen LogP contribution in [-0.4, -0.2) is 60.7 Å². The van der Waals surface area contributed by atoms with Crippen molar-refractivity contribution in [3.05, 3.63) is 0 Å². The number of likely N-dealkylation sites (N-methyl/N-ethyl adjacent to an activating group) is 2. The van der Waals surface area contributed by atoms with Crippen LogP contribution in [0.3, 0.4) is 0 Å². The Morgan fingerprint density at radius 1 is 1.32 bits per heavy atom. The van der Waals surface area contributed by atoms with E-state index in [0.717, 1.165) is 0 Å². The van der Waals surface area contributed by atoms with Crippen LogP contribution < -0.4 is 5.32 Å². The first-order chi connectivity index (χ1) is 10.3. The molecule has 0 bridgehead atoms. The fraction of sp³-hybridized carbons (Fsp3) is 0.688. The predicted molar refractivity (Wildman–Crippen MR) is 83.6 cm³/mol. The van der Waals surface area contributed by atoms with E-state index in [4.69, 9.17) is 0 Å². The summed E-state index contributed by atoms with van der Waals surface area (Å²) in [4.78, 5) is 39.4. The Balaban J connectivity index is 2.76. The van der Waals surface area contributed by atoms with Crippen molar-refractivity contribution in [1.82, 2.24) is 15.1 Å². The van der Waals surface area contributed by atoms with Crippen LogP contribution in [0.2, 0.25) is 0 Å². The summed E-state index contributed by atoms with van der Waals surface area (Å²) in [7, 11) is 3.22. The first-order valence-electron chi connectivity index (χ1n) is 7.53. The molecule has 3 amide bonds. The van der Waals surface area contributed by atoms with Crippen molar-refractivity contribution in [2.24, 2.45) is 11.8 Å². The molecule has 0 unspecified atom stereocenters. The van der Waals surface area contributed by atoms with Gasteiger partial charge in [-0.05, 0) is 25.2 Å². The molecule has 0 radical (unpaired) electrons. The molecule has 0 spiro atoms. The van der Waals surface area contributed by atoms with E-state index in [9.17, 15) is 14.4 Å². The highest BCUT2D eigenvalue weighted by atomic mass is 16.2. The molecule has 0 aromatic carbocycles. The number of nitrogens with zero attached hydrogens (tertiary/aromatic N) is 2. The van der Waals surface area contributed by atoms with Gasteiger partial charge in [0.2, 0.25) is 11.8 Å². The second-order valence-electron chi connectivity index (χ2n) is 5.86. The van der Waals surface area contributed by atoms with Gasteiger partial charge in [-0.2, -0.15) is 0 Å². The molecule has 1 aliphatic rings. The summed E-state index contributed by atoms with van der Waals surface area (Å²) < 4.78 is 0. The van der Waals surface area contributed by atoms with Crippen LogP contribution >= 0.6 is 0 Å². The van der Waals surface area contributed by atoms with Crippen LogP contribution in [0.4, 0.5) is 0 Å². The SMILES string of the molecule is CC#CC(=O)N1CC[C@H](C(=O)N(C)[C@H](C(=O)NC)C(C)C)C1. The average Bonchev–Trinajstić information content (AvgIpc) is 2.95. The highest BCUT2D eigenvalue weighted by Gasteiger charge is 2.36. The zero-order valence-corrected chi connectivity index (χ0v) is 14.0. The van der Waals surface area contributed by atoms with Crippen LogP contribution in [0.25, 0.3) is 0 Å². The zero-order valence-electron chi connectivity index (χ0n) is 14.0. The second kappa shape index (κ2) is 7.83. The molecular weight excluding hydrogens is 282 g/mol. The van der Waals surface area contributed by atoms with E-state index < -0.39 is 6.04 Å². The maximum absolute atomic E-state index is 12.6. The van der Waals surface area contributed by atoms with Crippen LogP contribution in [0, 0.1) is 23.7 Å². The van der Waals surface area contributed by atoms with Gasteiger partial charge < -0.3 is 15.1 Å². The Hall–Kier alpha value is -2.03. The van der Waals surface area contributed by atoms with Gasteiger partial charge in [-0.1, -0.05) is 19.8 Å². The van der Waals surface area contributed by atoms with E-state index in [2.05, 4.69) is 17.2 Å². The molecule has 0 saturated carbocycles. The Morgan fingerprint density at radius 3 is 2.45 bits per heavy atom. The molecule has 0 aromatic rings. The highest BCUT2D eigenvalue weighted by Crippen LogP contribution is 2.21. The fourth-order valence-electron chi connectivity index (χ4n) is 2.83. The number of hydrogen-bond acceptors (Lipinski definition) is 3. The summed E-state index contributed by atoms with van der Waals surface area (Å²) in [6, 6.07) is -0.502. The number of carbonyl (C=O) groups is 3. The Kier molecular flexibility index (Phi) is 6.41. The highest BCUT2D eigenvalue weighted by molar-refractivity contribution is 5.94. The number of carbonyl (C=O) groups excluding carboxylic acids is 3. The lowest BCUT2D eigenvalue weighted by Gasteiger charge is -2.31. The number of hydrogen-bond donors (Lipinski definition) is 1. The van der Waals surface area contributed by atoms with Crippen molar-refractivity contribution in [3.8, 4) is 11.8 Å². The van der Waals surface area contributed by atoms with Gasteiger partial charge in [-0.15, -0.1) is 0 Å². The molecular formula is C16H25N3O3. The predicted octanol–water partition coefficient (Wildman–Crippen LogP) is 0.0872. The molecule has 2 atom stereocenters. The summed E-state index contributed by atoms with van der Waals surface area (Å²) >= 11 is 0. The van der Waals surface area contributed by atoms with E-state index in [1.54, 1.807) is 25.9 Å². The monoisotopic (exact) mass is 307 g/mol. The first kappa shape index (κ1) is 18.0. The van der Waals surface area contributed by atoms with Gasteiger partial charge in [0.1, 0.15) is 6.04 Å². The van der Waals surface area contributed by atoms with Crippen molar-refractivity contribution >= 4 is 17.7 Å². The Bertz CT molecular complexity index is 505. The molecule has 6 nitrogen and oxygen atoms in total. The van der Waals surface area contributed by atoms with Crippen LogP contribution in [0.15, 0.2) is 0 Å². The molecule has 0 aromatic heterocycles. The molecule has 1 saturated heterocycles. The Labute approximate surface area is 132 Å². The maximum Gasteiger partial charge on any atom is 0.298 e. The number of amides is 3. The van der Waals surface area contributed by atoms with Gasteiger partial charge in [0.15, 0.2) is 0 Å². The smallest absolute Gasteiger partial charge is 0.298 e. The first-order valence-corrected chi connectivity index (χ1v) is 7.53. The van der Waals surface area contributed by atoms with E-state index >= 15 is 0 Å². The number of rotatable bonds is 4. The van der Waals surface area contributed by atoms with Crippen molar-refractivity contribution in [2.75, 3.05) is 27.2 Å². The molecule has 1 fully saturated rings. The minimum atomic E-state index is -0.502. The molecule has 1 rings (SSSR count). The van der Waals surface area contributed by atoms with Crippen molar-refractivity contribution in [3.63, 3.8) is 0 Å². The van der Waals surface area contributed by atoms with Crippen molar-refractivity contribution < 1.29 is 14.4 Å². The lowest BCUT2D eigenvalue weighted by Crippen LogP contribution is -2.51. The summed E-state index contributed by atoms with van der Waals surface area (Å²) in [5, 5.41) is 2.60. The lowest BCUT2D eigenvalue weighted by molar-refractivity contribution is -0.143. The minimum Gasteiger partial charge on any atom is -0.357 e. The molecule has 1 N–H and O–H groups in total. The van der Waals surface area contributed by atoms with Gasteiger partial charge in [-0.3, -0.25) is 14.4 Å². The van der Waals surface area contributed by atoms with E-state index in [1.165, 1.54) is 4.90 Å². The molecule has 1 aliphatic heterocycles. The topological polar surface area (TPSA) is 69.7 Å². The van der Waals surface area contributed by atoms with Crippen molar-refractivity contribution in [1.29, 1.82) is 0 Å². The number of likely N-dealkylation sites (tertiary alicyclic amines) is 1. The van der Waals surface area contributed by atoms with E-state index in [0.29, 0.717) is 19.5 Å².